The quantitative estimate of drug-likeness (QED) is 0.833. The maximum absolute atomic E-state index is 11.4. The number of nitrogens with one attached hydrogen (secondary N) is 1. The van der Waals surface area contributed by atoms with Gasteiger partial charge in [0.15, 0.2) is 5.43 Å². The number of benzene rings is 1. The summed E-state index contributed by atoms with van der Waals surface area (Å²) in [6.45, 7) is 1.79. The topological polar surface area (TPSA) is 32.9 Å². The van der Waals surface area contributed by atoms with Gasteiger partial charge in [0, 0.05) is 28.4 Å². The van der Waals surface area contributed by atoms with Gasteiger partial charge in [-0.3, -0.25) is 4.79 Å². The number of aromatic nitrogens is 1. The van der Waals surface area contributed by atoms with Gasteiger partial charge in [-0.15, -0.1) is 0 Å². The van der Waals surface area contributed by atoms with E-state index in [2.05, 4.69) is 4.98 Å². The van der Waals surface area contributed by atoms with E-state index in [4.69, 9.17) is 34.8 Å². The molecule has 0 amide bonds. The minimum Gasteiger partial charge on any atom is -0.358 e. The number of rotatable bonds is 1. The van der Waals surface area contributed by atoms with Gasteiger partial charge in [0.1, 0.15) is 0 Å². The highest BCUT2D eigenvalue weighted by Gasteiger charge is 2.11. The van der Waals surface area contributed by atoms with Gasteiger partial charge in [0.25, 0.3) is 0 Å². The Kier molecular flexibility index (Phi) is 3.48. The summed E-state index contributed by atoms with van der Waals surface area (Å²) >= 11 is 18.0. The average Bonchev–Trinajstić information content (AvgIpc) is 2.13. The Bertz CT molecular complexity index is 611. The van der Waals surface area contributed by atoms with Gasteiger partial charge in [-0.2, -0.15) is 0 Å². The standard InChI is InChI=1S/C12H8Cl3NO/c1-6-2-8(17)5-11(16-6)12-9(14)3-7(13)4-10(12)15/h2-5H,1H3,(H,16,17). The predicted molar refractivity (Wildman–Crippen MR) is 72.3 cm³/mol. The predicted octanol–water partition coefficient (Wildman–Crippen LogP) is 4.31. The van der Waals surface area contributed by atoms with Gasteiger partial charge >= 0.3 is 0 Å². The molecule has 0 bridgehead atoms. The van der Waals surface area contributed by atoms with Crippen LogP contribution >= 0.6 is 34.8 Å². The highest BCUT2D eigenvalue weighted by molar-refractivity contribution is 6.41. The lowest BCUT2D eigenvalue weighted by atomic mass is 10.1. The van der Waals surface area contributed by atoms with Crippen LogP contribution in [0.5, 0.6) is 0 Å². The van der Waals surface area contributed by atoms with Crippen LogP contribution < -0.4 is 5.43 Å². The lowest BCUT2D eigenvalue weighted by Crippen LogP contribution is -2.02. The van der Waals surface area contributed by atoms with E-state index in [9.17, 15) is 4.79 Å². The van der Waals surface area contributed by atoms with Crippen molar-refractivity contribution < 1.29 is 0 Å². The number of H-pyrrole nitrogens is 1. The molecule has 0 fully saturated rings. The van der Waals surface area contributed by atoms with Crippen LogP contribution in [-0.2, 0) is 0 Å². The van der Waals surface area contributed by atoms with Gasteiger partial charge in [0.2, 0.25) is 0 Å². The van der Waals surface area contributed by atoms with Gasteiger partial charge in [-0.1, -0.05) is 34.8 Å². The van der Waals surface area contributed by atoms with Crippen LogP contribution in [0.25, 0.3) is 11.3 Å². The van der Waals surface area contributed by atoms with E-state index in [0.29, 0.717) is 26.3 Å². The maximum atomic E-state index is 11.4. The molecule has 0 saturated carbocycles. The van der Waals surface area contributed by atoms with Gasteiger partial charge in [-0.25, -0.2) is 0 Å². The third-order valence-electron chi connectivity index (χ3n) is 2.25. The molecule has 2 nitrogen and oxygen atoms in total. The molecule has 0 aliphatic rings. The smallest absolute Gasteiger partial charge is 0.182 e. The first-order chi connectivity index (χ1) is 7.97. The lowest BCUT2D eigenvalue weighted by molar-refractivity contribution is 1.19. The Morgan fingerprint density at radius 1 is 1.00 bits per heavy atom. The van der Waals surface area contributed by atoms with Crippen molar-refractivity contribution in [3.63, 3.8) is 0 Å². The zero-order chi connectivity index (χ0) is 12.6. The van der Waals surface area contributed by atoms with Crippen LogP contribution in [0.15, 0.2) is 29.1 Å². The third kappa shape index (κ3) is 2.65. The minimum absolute atomic E-state index is 0.0988. The van der Waals surface area contributed by atoms with Crippen molar-refractivity contribution >= 4 is 34.8 Å². The van der Waals surface area contributed by atoms with Crippen molar-refractivity contribution in [1.82, 2.24) is 4.98 Å². The zero-order valence-corrected chi connectivity index (χ0v) is 11.1. The van der Waals surface area contributed by atoms with Crippen LogP contribution in [0.2, 0.25) is 15.1 Å². The molecule has 0 unspecified atom stereocenters. The molecule has 1 N–H and O–H groups in total. The van der Waals surface area contributed by atoms with Crippen molar-refractivity contribution in [2.45, 2.75) is 6.92 Å². The minimum atomic E-state index is -0.0988. The van der Waals surface area contributed by atoms with Crippen molar-refractivity contribution in [1.29, 1.82) is 0 Å². The molecule has 1 aromatic heterocycles. The summed E-state index contributed by atoms with van der Waals surface area (Å²) in [5, 5.41) is 1.27. The molecular weight excluding hydrogens is 280 g/mol. The highest BCUT2D eigenvalue weighted by atomic mass is 35.5. The van der Waals surface area contributed by atoms with Crippen molar-refractivity contribution in [3.8, 4) is 11.3 Å². The molecule has 17 heavy (non-hydrogen) atoms. The number of aryl methyl sites for hydroxylation is 1. The lowest BCUT2D eigenvalue weighted by Gasteiger charge is -2.08. The number of aromatic amines is 1. The molecular formula is C12H8Cl3NO. The maximum Gasteiger partial charge on any atom is 0.182 e. The molecule has 1 heterocycles. The summed E-state index contributed by atoms with van der Waals surface area (Å²) in [6.07, 6.45) is 0. The summed E-state index contributed by atoms with van der Waals surface area (Å²) in [5.74, 6) is 0. The van der Waals surface area contributed by atoms with Gasteiger partial charge in [-0.05, 0) is 19.1 Å². The second-order valence-electron chi connectivity index (χ2n) is 3.66. The molecule has 0 saturated heterocycles. The SMILES string of the molecule is Cc1cc(=O)cc(-c2c(Cl)cc(Cl)cc2Cl)[nH]1. The molecule has 1 aromatic carbocycles. The summed E-state index contributed by atoms with van der Waals surface area (Å²) in [6, 6.07) is 6.13. The second kappa shape index (κ2) is 4.73. The Balaban J connectivity index is 2.72. The highest BCUT2D eigenvalue weighted by Crippen LogP contribution is 2.35. The van der Waals surface area contributed by atoms with E-state index >= 15 is 0 Å². The first kappa shape index (κ1) is 12.5. The summed E-state index contributed by atoms with van der Waals surface area (Å²) in [5.41, 5.74) is 1.81. The first-order valence-corrected chi connectivity index (χ1v) is 5.96. The van der Waals surface area contributed by atoms with Crippen LogP contribution in [0.1, 0.15) is 5.69 Å². The number of halogens is 3. The normalized spacial score (nSPS) is 10.6. The van der Waals surface area contributed by atoms with Crippen LogP contribution in [0.3, 0.4) is 0 Å². The van der Waals surface area contributed by atoms with Gasteiger partial charge in [0.05, 0.1) is 15.7 Å². The summed E-state index contributed by atoms with van der Waals surface area (Å²) < 4.78 is 0. The monoisotopic (exact) mass is 287 g/mol. The number of pyridine rings is 1. The van der Waals surface area contributed by atoms with E-state index < -0.39 is 0 Å². The fourth-order valence-electron chi connectivity index (χ4n) is 1.62. The molecule has 88 valence electrons. The van der Waals surface area contributed by atoms with E-state index in [1.807, 2.05) is 0 Å². The van der Waals surface area contributed by atoms with E-state index in [1.165, 1.54) is 12.1 Å². The van der Waals surface area contributed by atoms with Crippen LogP contribution in [0, 0.1) is 6.92 Å². The first-order valence-electron chi connectivity index (χ1n) is 4.83. The molecule has 2 aromatic rings. The molecule has 2 rings (SSSR count). The average molecular weight is 289 g/mol. The molecule has 0 atom stereocenters. The fraction of sp³-hybridized carbons (Fsp3) is 0.0833. The van der Waals surface area contributed by atoms with Crippen molar-refractivity contribution in [3.05, 3.63) is 55.3 Å². The zero-order valence-electron chi connectivity index (χ0n) is 8.85. The molecule has 5 heteroatoms. The van der Waals surface area contributed by atoms with E-state index in [1.54, 1.807) is 19.1 Å². The van der Waals surface area contributed by atoms with E-state index in [0.717, 1.165) is 5.69 Å². The van der Waals surface area contributed by atoms with E-state index in [-0.39, 0.29) is 5.43 Å². The molecule has 0 aliphatic carbocycles. The Morgan fingerprint density at radius 2 is 1.59 bits per heavy atom. The van der Waals surface area contributed by atoms with Crippen LogP contribution in [0.4, 0.5) is 0 Å². The third-order valence-corrected chi connectivity index (χ3v) is 3.07. The molecule has 0 radical (unpaired) electrons. The molecule has 0 spiro atoms. The van der Waals surface area contributed by atoms with Crippen LogP contribution in [-0.4, -0.2) is 4.98 Å². The van der Waals surface area contributed by atoms with Gasteiger partial charge < -0.3 is 4.98 Å². The van der Waals surface area contributed by atoms with Crippen molar-refractivity contribution in [2.75, 3.05) is 0 Å². The Morgan fingerprint density at radius 3 is 2.12 bits per heavy atom. The molecule has 0 aliphatic heterocycles. The Hall–Kier alpha value is -0.960. The number of hydrogen-bond acceptors (Lipinski definition) is 1. The Labute approximate surface area is 113 Å². The second-order valence-corrected chi connectivity index (χ2v) is 4.91. The van der Waals surface area contributed by atoms with Crippen molar-refractivity contribution in [2.24, 2.45) is 0 Å². The summed E-state index contributed by atoms with van der Waals surface area (Å²) in [4.78, 5) is 14.5. The summed E-state index contributed by atoms with van der Waals surface area (Å²) in [7, 11) is 0. The largest absolute Gasteiger partial charge is 0.358 e. The number of hydrogen-bond donors (Lipinski definition) is 1. The fourth-order valence-corrected chi connectivity index (χ4v) is 2.64.